The Hall–Kier alpha value is -2.09. The third kappa shape index (κ3) is 3.70. The van der Waals surface area contributed by atoms with Crippen LogP contribution in [0.1, 0.15) is 31.4 Å². The maximum atomic E-state index is 14.3. The van der Waals surface area contributed by atoms with Crippen LogP contribution in [0.3, 0.4) is 0 Å². The molecule has 0 amide bonds. The molecule has 1 aliphatic carbocycles. The lowest BCUT2D eigenvalue weighted by molar-refractivity contribution is -0.144. The van der Waals surface area contributed by atoms with Crippen molar-refractivity contribution in [3.05, 3.63) is 45.0 Å². The topological polar surface area (TPSA) is 44.1 Å². The van der Waals surface area contributed by atoms with Gasteiger partial charge in [-0.15, -0.1) is 0 Å². The monoisotopic (exact) mass is 390 g/mol. The van der Waals surface area contributed by atoms with Crippen LogP contribution >= 0.6 is 11.6 Å². The first-order chi connectivity index (χ1) is 12.2. The third-order valence-corrected chi connectivity index (χ3v) is 4.56. The number of alkyl halides is 3. The van der Waals surface area contributed by atoms with Gasteiger partial charge in [-0.3, -0.25) is 9.48 Å². The van der Waals surface area contributed by atoms with Crippen LogP contribution in [0, 0.1) is 5.82 Å². The molecule has 26 heavy (non-hydrogen) atoms. The predicted molar refractivity (Wildman–Crippen MR) is 87.8 cm³/mol. The van der Waals surface area contributed by atoms with Crippen molar-refractivity contribution in [3.8, 4) is 17.0 Å². The average molecular weight is 391 g/mol. The molecule has 0 spiro atoms. The molecule has 0 radical (unpaired) electrons. The Morgan fingerprint density at radius 1 is 1.23 bits per heavy atom. The fourth-order valence-electron chi connectivity index (χ4n) is 2.98. The summed E-state index contributed by atoms with van der Waals surface area (Å²) in [7, 11) is 1.04. The van der Waals surface area contributed by atoms with Crippen molar-refractivity contribution in [2.75, 3.05) is 0 Å². The second-order valence-corrected chi connectivity index (χ2v) is 6.56. The minimum absolute atomic E-state index is 0.0295. The number of aryl methyl sites for hydroxylation is 1. The first-order valence-corrected chi connectivity index (χ1v) is 8.36. The zero-order valence-corrected chi connectivity index (χ0v) is 14.5. The lowest BCUT2D eigenvalue weighted by atomic mass is 10.1. The number of hydrogen-bond donors (Lipinski definition) is 0. The van der Waals surface area contributed by atoms with Crippen molar-refractivity contribution >= 4 is 11.6 Å². The van der Waals surface area contributed by atoms with Gasteiger partial charge in [0.15, 0.2) is 0 Å². The van der Waals surface area contributed by atoms with E-state index >= 15 is 0 Å². The molecule has 0 saturated heterocycles. The summed E-state index contributed by atoms with van der Waals surface area (Å²) in [6.07, 6.45) is -1.11. The molecule has 0 N–H and O–H groups in total. The fourth-order valence-corrected chi connectivity index (χ4v) is 3.17. The molecular weight excluding hydrogens is 376 g/mol. The lowest BCUT2D eigenvalue weighted by Gasteiger charge is -2.16. The number of aromatic nitrogens is 2. The summed E-state index contributed by atoms with van der Waals surface area (Å²) in [4.78, 5) is 12.1. The second kappa shape index (κ2) is 6.90. The van der Waals surface area contributed by atoms with Crippen LogP contribution in [0.4, 0.5) is 17.6 Å². The van der Waals surface area contributed by atoms with Crippen molar-refractivity contribution < 1.29 is 22.3 Å². The highest BCUT2D eigenvalue weighted by molar-refractivity contribution is 6.32. The molecule has 4 nitrogen and oxygen atoms in total. The Kier molecular flexibility index (Phi) is 4.96. The van der Waals surface area contributed by atoms with E-state index < -0.39 is 28.8 Å². The normalized spacial score (nSPS) is 15.5. The standard InChI is InChI=1S/C17H15ClF4N2O2/c1-24-15(17(20,21)22)8-13(25)16(23-24)10-6-14(11(18)7-12(10)19)26-9-4-2-3-5-9/h6-9H,2-5H2,1H3. The summed E-state index contributed by atoms with van der Waals surface area (Å²) in [6, 6.07) is 2.58. The van der Waals surface area contributed by atoms with Gasteiger partial charge in [0.05, 0.1) is 11.1 Å². The molecule has 140 valence electrons. The Morgan fingerprint density at radius 3 is 2.50 bits per heavy atom. The summed E-state index contributed by atoms with van der Waals surface area (Å²) in [5, 5.41) is 3.65. The molecule has 0 aliphatic heterocycles. The van der Waals surface area contributed by atoms with E-state index in [-0.39, 0.29) is 22.4 Å². The highest BCUT2D eigenvalue weighted by Crippen LogP contribution is 2.35. The van der Waals surface area contributed by atoms with Crippen LogP contribution < -0.4 is 10.2 Å². The quantitative estimate of drug-likeness (QED) is 0.720. The summed E-state index contributed by atoms with van der Waals surface area (Å²) in [5.74, 6) is -0.683. The Bertz CT molecular complexity index is 890. The molecule has 0 unspecified atom stereocenters. The van der Waals surface area contributed by atoms with Crippen LogP contribution in [0.2, 0.25) is 5.02 Å². The van der Waals surface area contributed by atoms with Crippen LogP contribution in [0.25, 0.3) is 11.3 Å². The molecule has 0 bridgehead atoms. The van der Waals surface area contributed by atoms with Gasteiger partial charge in [0.1, 0.15) is 23.0 Å². The van der Waals surface area contributed by atoms with Gasteiger partial charge in [-0.05, 0) is 37.8 Å². The fraction of sp³-hybridized carbons (Fsp3) is 0.412. The van der Waals surface area contributed by atoms with Gasteiger partial charge >= 0.3 is 6.18 Å². The van der Waals surface area contributed by atoms with Gasteiger partial charge in [-0.25, -0.2) is 4.39 Å². The Labute approximate surface area is 151 Å². The van der Waals surface area contributed by atoms with E-state index in [1.54, 1.807) is 0 Å². The number of halogens is 5. The zero-order valence-electron chi connectivity index (χ0n) is 13.7. The van der Waals surface area contributed by atoms with Crippen molar-refractivity contribution in [2.24, 2.45) is 7.05 Å². The Balaban J connectivity index is 2.06. The minimum Gasteiger partial charge on any atom is -0.489 e. The summed E-state index contributed by atoms with van der Waals surface area (Å²) in [5.41, 5.74) is -2.95. The molecule has 1 aliphatic rings. The third-order valence-electron chi connectivity index (χ3n) is 4.26. The van der Waals surface area contributed by atoms with Crippen molar-refractivity contribution in [1.82, 2.24) is 9.78 Å². The molecule has 9 heteroatoms. The molecule has 1 fully saturated rings. The van der Waals surface area contributed by atoms with E-state index in [0.717, 1.165) is 38.8 Å². The molecule has 1 aromatic heterocycles. The molecule has 3 rings (SSSR count). The zero-order chi connectivity index (χ0) is 19.1. The van der Waals surface area contributed by atoms with Crippen LogP contribution in [-0.4, -0.2) is 15.9 Å². The molecule has 1 heterocycles. The summed E-state index contributed by atoms with van der Waals surface area (Å²) in [6.45, 7) is 0. The van der Waals surface area contributed by atoms with Crippen molar-refractivity contribution in [2.45, 2.75) is 38.0 Å². The van der Waals surface area contributed by atoms with Crippen molar-refractivity contribution in [1.29, 1.82) is 0 Å². The van der Waals surface area contributed by atoms with Gasteiger partial charge in [-0.1, -0.05) is 11.6 Å². The Morgan fingerprint density at radius 2 is 1.88 bits per heavy atom. The molecule has 0 atom stereocenters. The number of hydrogen-bond acceptors (Lipinski definition) is 3. The van der Waals surface area contributed by atoms with Gasteiger partial charge in [0.25, 0.3) is 0 Å². The van der Waals surface area contributed by atoms with Gasteiger partial charge < -0.3 is 4.74 Å². The number of rotatable bonds is 3. The van der Waals surface area contributed by atoms with Crippen LogP contribution in [0.15, 0.2) is 23.0 Å². The van der Waals surface area contributed by atoms with Crippen molar-refractivity contribution in [3.63, 3.8) is 0 Å². The summed E-state index contributed by atoms with van der Waals surface area (Å²) < 4.78 is 59.2. The van der Waals surface area contributed by atoms with E-state index in [0.29, 0.717) is 10.7 Å². The maximum absolute atomic E-state index is 14.3. The first-order valence-electron chi connectivity index (χ1n) is 7.98. The van der Waals surface area contributed by atoms with Gasteiger partial charge in [-0.2, -0.15) is 18.3 Å². The first kappa shape index (κ1) is 18.7. The highest BCUT2D eigenvalue weighted by Gasteiger charge is 2.35. The molecular formula is C17H15ClF4N2O2. The number of benzene rings is 1. The van der Waals surface area contributed by atoms with Crippen LogP contribution in [-0.2, 0) is 13.2 Å². The van der Waals surface area contributed by atoms with E-state index in [4.69, 9.17) is 16.3 Å². The number of ether oxygens (including phenoxy) is 1. The number of nitrogens with zero attached hydrogens (tertiary/aromatic N) is 2. The van der Waals surface area contributed by atoms with Gasteiger partial charge in [0, 0.05) is 18.7 Å². The highest BCUT2D eigenvalue weighted by atomic mass is 35.5. The molecule has 1 aromatic carbocycles. The predicted octanol–water partition coefficient (Wildman–Crippen LogP) is 4.58. The summed E-state index contributed by atoms with van der Waals surface area (Å²) >= 11 is 6.01. The van der Waals surface area contributed by atoms with E-state index in [9.17, 15) is 22.4 Å². The van der Waals surface area contributed by atoms with Crippen LogP contribution in [0.5, 0.6) is 5.75 Å². The SMILES string of the molecule is Cn1nc(-c2cc(OC3CCCC3)c(Cl)cc2F)c(=O)cc1C(F)(F)F. The molecule has 1 saturated carbocycles. The lowest BCUT2D eigenvalue weighted by Crippen LogP contribution is -2.23. The minimum atomic E-state index is -4.74. The second-order valence-electron chi connectivity index (χ2n) is 6.15. The average Bonchev–Trinajstić information content (AvgIpc) is 3.04. The molecule has 2 aromatic rings. The van der Waals surface area contributed by atoms with E-state index in [1.807, 2.05) is 0 Å². The maximum Gasteiger partial charge on any atom is 0.433 e. The largest absolute Gasteiger partial charge is 0.489 e. The smallest absolute Gasteiger partial charge is 0.433 e. The van der Waals surface area contributed by atoms with Gasteiger partial charge in [0.2, 0.25) is 5.43 Å². The van der Waals surface area contributed by atoms with E-state index in [1.165, 1.54) is 6.07 Å². The van der Waals surface area contributed by atoms with E-state index in [2.05, 4.69) is 5.10 Å².